The van der Waals surface area contributed by atoms with Gasteiger partial charge in [0.05, 0.1) is 26.2 Å². The highest BCUT2D eigenvalue weighted by molar-refractivity contribution is 5.86. The van der Waals surface area contributed by atoms with Crippen LogP contribution in [0.4, 0.5) is 4.39 Å². The van der Waals surface area contributed by atoms with Crippen molar-refractivity contribution in [2.24, 2.45) is 0 Å². The molecule has 0 atom stereocenters. The number of rotatable bonds is 3. The summed E-state index contributed by atoms with van der Waals surface area (Å²) in [5.41, 5.74) is 0.637. The maximum absolute atomic E-state index is 13.8. The largest absolute Gasteiger partial charge is 0.481 e. The van der Waals surface area contributed by atoms with Crippen molar-refractivity contribution in [3.8, 4) is 5.88 Å². The summed E-state index contributed by atoms with van der Waals surface area (Å²) in [6, 6.07) is 6.37. The van der Waals surface area contributed by atoms with Crippen molar-refractivity contribution < 1.29 is 18.7 Å². The molecule has 0 radical (unpaired) electrons. The molecular weight excluding hydrogens is 237 g/mol. The highest BCUT2D eigenvalue weighted by Crippen LogP contribution is 2.23. The Morgan fingerprint density at radius 2 is 2.00 bits per heavy atom. The van der Waals surface area contributed by atoms with E-state index in [2.05, 4.69) is 9.72 Å². The molecule has 0 aliphatic rings. The van der Waals surface area contributed by atoms with E-state index >= 15 is 0 Å². The van der Waals surface area contributed by atoms with E-state index < -0.39 is 11.8 Å². The molecule has 0 bridgehead atoms. The van der Waals surface area contributed by atoms with E-state index in [9.17, 15) is 9.18 Å². The van der Waals surface area contributed by atoms with Crippen molar-refractivity contribution in [3.63, 3.8) is 0 Å². The van der Waals surface area contributed by atoms with Crippen LogP contribution in [0.15, 0.2) is 24.3 Å². The molecule has 0 saturated heterocycles. The SMILES string of the molecule is COC(=O)Cc1c(F)ccc2ccc(OC)nc12. The van der Waals surface area contributed by atoms with Gasteiger partial charge < -0.3 is 9.47 Å². The first-order valence-electron chi connectivity index (χ1n) is 5.34. The Labute approximate surface area is 103 Å². The zero-order valence-electron chi connectivity index (χ0n) is 10.1. The minimum Gasteiger partial charge on any atom is -0.481 e. The average Bonchev–Trinajstić information content (AvgIpc) is 2.41. The van der Waals surface area contributed by atoms with Crippen molar-refractivity contribution in [3.05, 3.63) is 35.6 Å². The van der Waals surface area contributed by atoms with Gasteiger partial charge in [-0.3, -0.25) is 4.79 Å². The van der Waals surface area contributed by atoms with Crippen molar-refractivity contribution in [1.82, 2.24) is 4.98 Å². The number of esters is 1. The van der Waals surface area contributed by atoms with E-state index in [1.54, 1.807) is 18.2 Å². The third-order valence-electron chi connectivity index (χ3n) is 2.64. The Morgan fingerprint density at radius 1 is 1.28 bits per heavy atom. The number of nitrogens with zero attached hydrogens (tertiary/aromatic N) is 1. The summed E-state index contributed by atoms with van der Waals surface area (Å²) < 4.78 is 23.3. The van der Waals surface area contributed by atoms with Crippen LogP contribution < -0.4 is 4.74 Å². The number of benzene rings is 1. The number of fused-ring (bicyclic) bond motifs is 1. The second-order valence-corrected chi connectivity index (χ2v) is 3.70. The van der Waals surface area contributed by atoms with Gasteiger partial charge in [0, 0.05) is 17.0 Å². The number of carbonyl (C=O) groups excluding carboxylic acids is 1. The van der Waals surface area contributed by atoms with Gasteiger partial charge in [0.2, 0.25) is 5.88 Å². The molecule has 0 saturated carbocycles. The molecule has 5 heteroatoms. The van der Waals surface area contributed by atoms with Crippen molar-refractivity contribution >= 4 is 16.9 Å². The molecule has 2 rings (SSSR count). The van der Waals surface area contributed by atoms with E-state index in [0.29, 0.717) is 11.4 Å². The van der Waals surface area contributed by atoms with E-state index in [1.807, 2.05) is 0 Å². The van der Waals surface area contributed by atoms with E-state index in [4.69, 9.17) is 4.74 Å². The van der Waals surface area contributed by atoms with Gasteiger partial charge in [0.15, 0.2) is 0 Å². The van der Waals surface area contributed by atoms with Gasteiger partial charge in [-0.15, -0.1) is 0 Å². The highest BCUT2D eigenvalue weighted by Gasteiger charge is 2.14. The molecule has 1 heterocycles. The maximum Gasteiger partial charge on any atom is 0.310 e. The summed E-state index contributed by atoms with van der Waals surface area (Å²) in [4.78, 5) is 15.5. The summed E-state index contributed by atoms with van der Waals surface area (Å²) in [6.45, 7) is 0. The number of pyridine rings is 1. The highest BCUT2D eigenvalue weighted by atomic mass is 19.1. The molecule has 0 amide bonds. The van der Waals surface area contributed by atoms with Gasteiger partial charge in [0.1, 0.15) is 5.82 Å². The van der Waals surface area contributed by atoms with Crippen LogP contribution in [-0.4, -0.2) is 25.2 Å². The van der Waals surface area contributed by atoms with Gasteiger partial charge in [-0.05, 0) is 18.2 Å². The van der Waals surface area contributed by atoms with Gasteiger partial charge in [-0.25, -0.2) is 9.37 Å². The summed E-state index contributed by atoms with van der Waals surface area (Å²) in [5, 5.41) is 0.746. The molecule has 18 heavy (non-hydrogen) atoms. The number of carbonyl (C=O) groups is 1. The van der Waals surface area contributed by atoms with E-state index in [-0.39, 0.29) is 12.0 Å². The Bertz CT molecular complexity index is 598. The fourth-order valence-electron chi connectivity index (χ4n) is 1.70. The average molecular weight is 249 g/mol. The van der Waals surface area contributed by atoms with Crippen LogP contribution >= 0.6 is 0 Å². The van der Waals surface area contributed by atoms with Crippen LogP contribution in [-0.2, 0) is 16.0 Å². The van der Waals surface area contributed by atoms with Crippen molar-refractivity contribution in [2.75, 3.05) is 14.2 Å². The fraction of sp³-hybridized carbons (Fsp3) is 0.231. The third-order valence-corrected chi connectivity index (χ3v) is 2.64. The first-order valence-corrected chi connectivity index (χ1v) is 5.34. The van der Waals surface area contributed by atoms with Crippen LogP contribution in [0.3, 0.4) is 0 Å². The summed E-state index contributed by atoms with van der Waals surface area (Å²) >= 11 is 0. The molecule has 0 N–H and O–H groups in total. The Kier molecular flexibility index (Phi) is 3.41. The van der Waals surface area contributed by atoms with Gasteiger partial charge in [0.25, 0.3) is 0 Å². The minimum absolute atomic E-state index is 0.153. The molecule has 0 aliphatic carbocycles. The third kappa shape index (κ3) is 2.25. The summed E-state index contributed by atoms with van der Waals surface area (Å²) in [7, 11) is 2.74. The van der Waals surface area contributed by atoms with Gasteiger partial charge in [-0.1, -0.05) is 0 Å². The van der Waals surface area contributed by atoms with Crippen molar-refractivity contribution in [2.45, 2.75) is 6.42 Å². The zero-order chi connectivity index (χ0) is 13.1. The number of hydrogen-bond donors (Lipinski definition) is 0. The normalized spacial score (nSPS) is 10.4. The number of ether oxygens (including phenoxy) is 2. The fourth-order valence-corrected chi connectivity index (χ4v) is 1.70. The van der Waals surface area contributed by atoms with E-state index in [1.165, 1.54) is 20.3 Å². The lowest BCUT2D eigenvalue weighted by Crippen LogP contribution is -2.07. The standard InChI is InChI=1S/C13H12FNO3/c1-17-11-6-4-8-3-5-10(14)9(13(8)15-11)7-12(16)18-2/h3-6H,7H2,1-2H3. The quantitative estimate of drug-likeness (QED) is 0.781. The van der Waals surface area contributed by atoms with Crippen LogP contribution in [0.1, 0.15) is 5.56 Å². The number of aromatic nitrogens is 1. The number of methoxy groups -OCH3 is 2. The Balaban J connectivity index is 2.60. The molecule has 1 aromatic heterocycles. The van der Waals surface area contributed by atoms with Crippen LogP contribution in [0.2, 0.25) is 0 Å². The molecule has 1 aromatic carbocycles. The Morgan fingerprint density at radius 3 is 2.67 bits per heavy atom. The second kappa shape index (κ2) is 5.00. The minimum atomic E-state index is -0.508. The summed E-state index contributed by atoms with van der Waals surface area (Å²) in [6.07, 6.45) is -0.153. The smallest absolute Gasteiger partial charge is 0.310 e. The Hall–Kier alpha value is -2.17. The predicted molar refractivity (Wildman–Crippen MR) is 64.0 cm³/mol. The lowest BCUT2D eigenvalue weighted by Gasteiger charge is -2.07. The maximum atomic E-state index is 13.8. The topological polar surface area (TPSA) is 48.4 Å². The number of halogens is 1. The molecule has 2 aromatic rings. The molecule has 4 nitrogen and oxygen atoms in total. The zero-order valence-corrected chi connectivity index (χ0v) is 10.1. The summed E-state index contributed by atoms with van der Waals surface area (Å²) in [5.74, 6) is -0.612. The van der Waals surface area contributed by atoms with E-state index in [0.717, 1.165) is 5.39 Å². The van der Waals surface area contributed by atoms with Crippen LogP contribution in [0.5, 0.6) is 5.88 Å². The lowest BCUT2D eigenvalue weighted by atomic mass is 10.1. The van der Waals surface area contributed by atoms with Gasteiger partial charge >= 0.3 is 5.97 Å². The molecular formula is C13H12FNO3. The molecule has 0 fully saturated rings. The van der Waals surface area contributed by atoms with Gasteiger partial charge in [-0.2, -0.15) is 0 Å². The second-order valence-electron chi connectivity index (χ2n) is 3.70. The molecule has 0 aliphatic heterocycles. The molecule has 94 valence electrons. The number of hydrogen-bond acceptors (Lipinski definition) is 4. The van der Waals surface area contributed by atoms with Crippen LogP contribution in [0.25, 0.3) is 10.9 Å². The monoisotopic (exact) mass is 249 g/mol. The first-order chi connectivity index (χ1) is 8.65. The van der Waals surface area contributed by atoms with Crippen molar-refractivity contribution in [1.29, 1.82) is 0 Å². The predicted octanol–water partition coefficient (Wildman–Crippen LogP) is 2.10. The molecule has 0 unspecified atom stereocenters. The molecule has 0 spiro atoms. The van der Waals surface area contributed by atoms with Crippen LogP contribution in [0, 0.1) is 5.82 Å². The lowest BCUT2D eigenvalue weighted by molar-refractivity contribution is -0.139. The first kappa shape index (κ1) is 12.3.